The number of azide groups is 1. The Morgan fingerprint density at radius 3 is 2.83 bits per heavy atom. The maximum absolute atomic E-state index is 9.40. The number of hydrogen-bond donors (Lipinski definition) is 0. The first kappa shape index (κ1) is 5.41. The lowest BCUT2D eigenvalue weighted by Gasteiger charge is -1.56. The Morgan fingerprint density at radius 2 is 2.67 bits per heavy atom. The van der Waals surface area contributed by atoms with Gasteiger partial charge in [0.2, 0.25) is 0 Å². The van der Waals surface area contributed by atoms with E-state index in [0.717, 1.165) is 0 Å². The SMILES string of the molecule is [N-]=[N+]=NCP=O. The second-order valence-corrected chi connectivity index (χ2v) is 1.04. The second-order valence-electron chi connectivity index (χ2n) is 0.501. The summed E-state index contributed by atoms with van der Waals surface area (Å²) < 4.78 is 9.40. The van der Waals surface area contributed by atoms with Gasteiger partial charge < -0.3 is 0 Å². The van der Waals surface area contributed by atoms with Gasteiger partial charge in [-0.1, -0.05) is 5.11 Å². The average Bonchev–Trinajstić information content (AvgIpc) is 1.61. The Kier molecular flexibility index (Phi) is 3.98. The van der Waals surface area contributed by atoms with E-state index < -0.39 is 0 Å². The summed E-state index contributed by atoms with van der Waals surface area (Å²) in [7, 11) is -0.125. The Balaban J connectivity index is 3.07. The van der Waals surface area contributed by atoms with Gasteiger partial charge in [0.15, 0.2) is 8.46 Å². The molecule has 0 unspecified atom stereocenters. The minimum absolute atomic E-state index is 0.0382. The van der Waals surface area contributed by atoms with Crippen LogP contribution in [0.5, 0.6) is 0 Å². The van der Waals surface area contributed by atoms with Gasteiger partial charge in [-0.15, -0.1) is 0 Å². The van der Waals surface area contributed by atoms with Crippen molar-refractivity contribution in [1.29, 1.82) is 0 Å². The third kappa shape index (κ3) is 3.41. The van der Waals surface area contributed by atoms with Crippen molar-refractivity contribution in [3.63, 3.8) is 0 Å². The molecule has 0 heterocycles. The van der Waals surface area contributed by atoms with Crippen molar-refractivity contribution in [1.82, 2.24) is 0 Å². The van der Waals surface area contributed by atoms with Crippen LogP contribution in [-0.2, 0) is 4.57 Å². The molecule has 0 aliphatic carbocycles. The summed E-state index contributed by atoms with van der Waals surface area (Å²) in [4.78, 5) is 2.34. The molecule has 0 aromatic carbocycles. The molecular weight excluding hydrogens is 101 g/mol. The predicted molar refractivity (Wildman–Crippen MR) is 21.6 cm³/mol. The third-order valence-electron chi connectivity index (χ3n) is 0.184. The zero-order valence-corrected chi connectivity index (χ0v) is 3.80. The van der Waals surface area contributed by atoms with Gasteiger partial charge in [-0.25, -0.2) is 0 Å². The molecule has 32 valence electrons. The molecule has 0 aliphatic heterocycles. The van der Waals surface area contributed by atoms with Crippen molar-refractivity contribution >= 4 is 8.46 Å². The summed E-state index contributed by atoms with van der Waals surface area (Å²) in [5.74, 6) is 0. The van der Waals surface area contributed by atoms with Crippen LogP contribution in [0.3, 0.4) is 0 Å². The summed E-state index contributed by atoms with van der Waals surface area (Å²) in [6.07, 6.45) is 0.0382. The maximum atomic E-state index is 9.40. The molecule has 0 rings (SSSR count). The van der Waals surface area contributed by atoms with Crippen molar-refractivity contribution < 1.29 is 4.57 Å². The summed E-state index contributed by atoms with van der Waals surface area (Å²) in [5.41, 5.74) is 7.51. The van der Waals surface area contributed by atoms with Crippen LogP contribution in [0.1, 0.15) is 0 Å². The molecule has 0 aliphatic rings. The normalized spacial score (nSPS) is 7.33. The van der Waals surface area contributed by atoms with Gasteiger partial charge in [0.1, 0.15) is 6.29 Å². The van der Waals surface area contributed by atoms with E-state index in [2.05, 4.69) is 10.0 Å². The molecule has 6 heavy (non-hydrogen) atoms. The molecule has 4 nitrogen and oxygen atoms in total. The van der Waals surface area contributed by atoms with Gasteiger partial charge >= 0.3 is 0 Å². The van der Waals surface area contributed by atoms with Crippen molar-refractivity contribution in [3.8, 4) is 0 Å². The van der Waals surface area contributed by atoms with Crippen LogP contribution < -0.4 is 0 Å². The van der Waals surface area contributed by atoms with E-state index in [1.54, 1.807) is 0 Å². The van der Waals surface area contributed by atoms with E-state index in [-0.39, 0.29) is 14.7 Å². The van der Waals surface area contributed by atoms with Crippen molar-refractivity contribution in [3.05, 3.63) is 10.4 Å². The van der Waals surface area contributed by atoms with Gasteiger partial charge in [0, 0.05) is 4.91 Å². The molecule has 0 fully saturated rings. The number of hydrogen-bond acceptors (Lipinski definition) is 2. The van der Waals surface area contributed by atoms with Crippen molar-refractivity contribution in [2.24, 2.45) is 5.11 Å². The molecule has 0 saturated heterocycles. The lowest BCUT2D eigenvalue weighted by Crippen LogP contribution is -1.47. The van der Waals surface area contributed by atoms with Crippen molar-refractivity contribution in [2.45, 2.75) is 0 Å². The van der Waals surface area contributed by atoms with Gasteiger partial charge in [-0.2, -0.15) is 0 Å². The first-order valence-electron chi connectivity index (χ1n) is 1.22. The van der Waals surface area contributed by atoms with E-state index in [1.807, 2.05) is 0 Å². The summed E-state index contributed by atoms with van der Waals surface area (Å²) in [5, 5.41) is 2.95. The van der Waals surface area contributed by atoms with Crippen LogP contribution in [-0.4, -0.2) is 6.29 Å². The molecule has 0 amide bonds. The minimum atomic E-state index is -0.125. The number of rotatable bonds is 2. The summed E-state index contributed by atoms with van der Waals surface area (Å²) in [6, 6.07) is 0. The Hall–Kier alpha value is -0.590. The highest BCUT2D eigenvalue weighted by molar-refractivity contribution is 7.23. The first-order valence-corrected chi connectivity index (χ1v) is 2.21. The van der Waals surface area contributed by atoms with E-state index in [4.69, 9.17) is 5.53 Å². The van der Waals surface area contributed by atoms with Crippen LogP contribution in [0.15, 0.2) is 5.11 Å². The fourth-order valence-electron chi connectivity index (χ4n) is 0.0541. The molecular formula is CH2N3OP. The van der Waals surface area contributed by atoms with E-state index in [1.165, 1.54) is 0 Å². The molecule has 0 spiro atoms. The molecule has 5 heteroatoms. The molecule has 0 aromatic rings. The minimum Gasteiger partial charge on any atom is -0.275 e. The Morgan fingerprint density at radius 1 is 2.00 bits per heavy atom. The molecule has 0 saturated carbocycles. The quantitative estimate of drug-likeness (QED) is 0.226. The van der Waals surface area contributed by atoms with Gasteiger partial charge in [-0.3, -0.25) is 4.57 Å². The molecule has 0 radical (unpaired) electrons. The summed E-state index contributed by atoms with van der Waals surface area (Å²) >= 11 is 0. The Bertz CT molecular complexity index is 84.8. The number of nitrogens with zero attached hydrogens (tertiary/aromatic N) is 3. The predicted octanol–water partition coefficient (Wildman–Crippen LogP) is 1.55. The highest BCUT2D eigenvalue weighted by Crippen LogP contribution is 1.88. The molecule has 0 aromatic heterocycles. The monoisotopic (exact) mass is 103 g/mol. The smallest absolute Gasteiger partial charge is 0.161 e. The van der Waals surface area contributed by atoms with Crippen LogP contribution in [0.25, 0.3) is 10.4 Å². The van der Waals surface area contributed by atoms with Crippen LogP contribution in [0.2, 0.25) is 0 Å². The molecule has 0 N–H and O–H groups in total. The fourth-order valence-corrected chi connectivity index (χ4v) is 0.162. The Labute approximate surface area is 36.0 Å². The third-order valence-corrected chi connectivity index (χ3v) is 0.426. The van der Waals surface area contributed by atoms with E-state index >= 15 is 0 Å². The zero-order chi connectivity index (χ0) is 4.83. The molecule has 0 bridgehead atoms. The standard InChI is InChI=1S/CH2N3OP/c2-4-3-1-6-5/h1H2. The zero-order valence-electron chi connectivity index (χ0n) is 2.90. The first-order chi connectivity index (χ1) is 2.91. The average molecular weight is 103 g/mol. The van der Waals surface area contributed by atoms with Gasteiger partial charge in [0.25, 0.3) is 0 Å². The lowest BCUT2D eigenvalue weighted by molar-refractivity contribution is 0.598. The van der Waals surface area contributed by atoms with Crippen molar-refractivity contribution in [2.75, 3.05) is 6.29 Å². The second kappa shape index (κ2) is 4.41. The molecule has 0 atom stereocenters. The van der Waals surface area contributed by atoms with E-state index in [9.17, 15) is 4.57 Å². The van der Waals surface area contributed by atoms with E-state index in [0.29, 0.717) is 0 Å². The largest absolute Gasteiger partial charge is 0.275 e. The highest BCUT2D eigenvalue weighted by Gasteiger charge is 1.65. The van der Waals surface area contributed by atoms with Crippen LogP contribution in [0, 0.1) is 0 Å². The van der Waals surface area contributed by atoms with Crippen LogP contribution in [0.4, 0.5) is 0 Å². The van der Waals surface area contributed by atoms with Gasteiger partial charge in [-0.05, 0) is 5.53 Å². The fraction of sp³-hybridized carbons (Fsp3) is 1.00. The summed E-state index contributed by atoms with van der Waals surface area (Å²) in [6.45, 7) is 0. The van der Waals surface area contributed by atoms with Crippen LogP contribution >= 0.6 is 8.46 Å². The topological polar surface area (TPSA) is 65.8 Å². The maximum Gasteiger partial charge on any atom is 0.161 e. The van der Waals surface area contributed by atoms with Gasteiger partial charge in [0.05, 0.1) is 0 Å². The highest BCUT2D eigenvalue weighted by atomic mass is 31.1. The lowest BCUT2D eigenvalue weighted by atomic mass is 11.5.